The number of hydrogen-bond donors (Lipinski definition) is 3. The van der Waals surface area contributed by atoms with Crippen LogP contribution in [0.4, 0.5) is 0 Å². The van der Waals surface area contributed by atoms with Gasteiger partial charge in [-0.1, -0.05) is 0 Å². The topological polar surface area (TPSA) is 113 Å². The van der Waals surface area contributed by atoms with Crippen molar-refractivity contribution in [2.45, 2.75) is 37.1 Å². The van der Waals surface area contributed by atoms with Gasteiger partial charge < -0.3 is 10.4 Å². The predicted octanol–water partition coefficient (Wildman–Crippen LogP) is 0.702. The number of carboxylic acid groups (broad SMARTS) is 1. The third-order valence-electron chi connectivity index (χ3n) is 2.96. The molecule has 1 saturated carbocycles. The fraction of sp³-hybridized carbons (Fsp3) is 0.500. The molecular weight excluding hydrogens is 316 g/mol. The first kappa shape index (κ1) is 15.9. The van der Waals surface area contributed by atoms with Gasteiger partial charge in [-0.15, -0.1) is 11.3 Å². The molecule has 9 heteroatoms. The second kappa shape index (κ2) is 6.12. The lowest BCUT2D eigenvalue weighted by molar-refractivity contribution is -0.121. The summed E-state index contributed by atoms with van der Waals surface area (Å²) in [6.07, 6.45) is 2.01. The molecule has 0 saturated heterocycles. The van der Waals surface area contributed by atoms with E-state index in [1.54, 1.807) is 6.92 Å². The molecule has 21 heavy (non-hydrogen) atoms. The molecule has 2 rings (SSSR count). The van der Waals surface area contributed by atoms with Crippen LogP contribution in [-0.2, 0) is 14.8 Å². The second-order valence-electron chi connectivity index (χ2n) is 4.83. The minimum Gasteiger partial charge on any atom is -0.477 e. The van der Waals surface area contributed by atoms with E-state index >= 15 is 0 Å². The molecule has 1 aliphatic carbocycles. The summed E-state index contributed by atoms with van der Waals surface area (Å²) in [5, 5.41) is 11.6. The van der Waals surface area contributed by atoms with Crippen LogP contribution in [0.3, 0.4) is 0 Å². The number of carbonyl (C=O) groups excluding carboxylic acids is 1. The van der Waals surface area contributed by atoms with Crippen LogP contribution in [-0.4, -0.2) is 38.0 Å². The van der Waals surface area contributed by atoms with Crippen molar-refractivity contribution in [1.29, 1.82) is 0 Å². The number of sulfonamides is 1. The van der Waals surface area contributed by atoms with Crippen LogP contribution in [0.5, 0.6) is 0 Å². The quantitative estimate of drug-likeness (QED) is 0.680. The van der Waals surface area contributed by atoms with Crippen LogP contribution in [0.1, 0.15) is 33.8 Å². The van der Waals surface area contributed by atoms with E-state index < -0.39 is 16.0 Å². The molecule has 1 amide bonds. The fourth-order valence-electron chi connectivity index (χ4n) is 1.74. The van der Waals surface area contributed by atoms with E-state index in [0.29, 0.717) is 4.88 Å². The van der Waals surface area contributed by atoms with Crippen molar-refractivity contribution in [2.24, 2.45) is 0 Å². The average Bonchev–Trinajstić information content (AvgIpc) is 3.07. The number of thiophene rings is 1. The van der Waals surface area contributed by atoms with E-state index in [2.05, 4.69) is 10.0 Å². The van der Waals surface area contributed by atoms with Gasteiger partial charge in [0.2, 0.25) is 15.9 Å². The maximum Gasteiger partial charge on any atom is 0.345 e. The van der Waals surface area contributed by atoms with Crippen molar-refractivity contribution in [2.75, 3.05) is 6.54 Å². The summed E-state index contributed by atoms with van der Waals surface area (Å²) in [5.41, 5.74) is 0. The maximum atomic E-state index is 12.1. The van der Waals surface area contributed by atoms with E-state index in [-0.39, 0.29) is 34.7 Å². The minimum atomic E-state index is -3.80. The van der Waals surface area contributed by atoms with Crippen molar-refractivity contribution >= 4 is 33.2 Å². The minimum absolute atomic E-state index is 0.0153. The highest BCUT2D eigenvalue weighted by atomic mass is 32.2. The summed E-state index contributed by atoms with van der Waals surface area (Å²) in [6, 6.07) is 1.38. The van der Waals surface area contributed by atoms with Crippen LogP contribution in [0.15, 0.2) is 11.0 Å². The lowest BCUT2D eigenvalue weighted by Crippen LogP contribution is -2.31. The van der Waals surface area contributed by atoms with Gasteiger partial charge in [0.05, 0.1) is 4.90 Å². The SMILES string of the molecule is Cc1sc(C(=O)O)cc1S(=O)(=O)NCCC(=O)NC1CC1. The molecule has 3 N–H and O–H groups in total. The van der Waals surface area contributed by atoms with Crippen molar-refractivity contribution < 1.29 is 23.1 Å². The van der Waals surface area contributed by atoms with Crippen LogP contribution >= 0.6 is 11.3 Å². The zero-order valence-corrected chi connectivity index (χ0v) is 13.0. The normalized spacial score (nSPS) is 14.9. The number of carboxylic acids is 1. The lowest BCUT2D eigenvalue weighted by atomic mass is 10.4. The van der Waals surface area contributed by atoms with Gasteiger partial charge in [-0.05, 0) is 25.8 Å². The Kier molecular flexibility index (Phi) is 4.64. The number of hydrogen-bond acceptors (Lipinski definition) is 5. The molecule has 7 nitrogen and oxygen atoms in total. The Morgan fingerprint density at radius 1 is 1.43 bits per heavy atom. The first-order valence-electron chi connectivity index (χ1n) is 6.42. The maximum absolute atomic E-state index is 12.1. The number of nitrogens with one attached hydrogen (secondary N) is 2. The zero-order chi connectivity index (χ0) is 15.6. The first-order chi connectivity index (χ1) is 9.79. The molecule has 0 bridgehead atoms. The van der Waals surface area contributed by atoms with E-state index in [9.17, 15) is 18.0 Å². The Balaban J connectivity index is 1.94. The summed E-state index contributed by atoms with van der Waals surface area (Å²) in [5.74, 6) is -1.35. The Morgan fingerprint density at radius 2 is 2.10 bits per heavy atom. The lowest BCUT2D eigenvalue weighted by Gasteiger charge is -2.06. The van der Waals surface area contributed by atoms with Crippen LogP contribution in [0, 0.1) is 6.92 Å². The van der Waals surface area contributed by atoms with Gasteiger partial charge in [0.25, 0.3) is 0 Å². The van der Waals surface area contributed by atoms with Gasteiger partial charge in [-0.2, -0.15) is 0 Å². The van der Waals surface area contributed by atoms with Gasteiger partial charge in [0.1, 0.15) is 4.88 Å². The van der Waals surface area contributed by atoms with E-state index in [4.69, 9.17) is 5.11 Å². The molecule has 0 radical (unpaired) electrons. The number of amides is 1. The second-order valence-corrected chi connectivity index (χ2v) is 7.82. The number of rotatable bonds is 7. The zero-order valence-electron chi connectivity index (χ0n) is 11.4. The molecule has 0 unspecified atom stereocenters. The molecule has 1 fully saturated rings. The summed E-state index contributed by atoms with van der Waals surface area (Å²) >= 11 is 0.908. The molecule has 1 aliphatic rings. The highest BCUT2D eigenvalue weighted by Gasteiger charge is 2.24. The number of aromatic carboxylic acids is 1. The van der Waals surface area contributed by atoms with Gasteiger partial charge in [-0.3, -0.25) is 4.79 Å². The van der Waals surface area contributed by atoms with Crippen molar-refractivity contribution in [3.05, 3.63) is 15.8 Å². The third kappa shape index (κ3) is 4.26. The summed E-state index contributed by atoms with van der Waals surface area (Å²) in [4.78, 5) is 22.6. The predicted molar refractivity (Wildman–Crippen MR) is 77.0 cm³/mol. The van der Waals surface area contributed by atoms with Crippen LogP contribution < -0.4 is 10.0 Å². The van der Waals surface area contributed by atoms with E-state index in [0.717, 1.165) is 30.2 Å². The van der Waals surface area contributed by atoms with Gasteiger partial charge in [0.15, 0.2) is 0 Å². The molecule has 1 heterocycles. The smallest absolute Gasteiger partial charge is 0.345 e. The molecule has 0 aromatic carbocycles. The molecule has 1 aromatic heterocycles. The number of aryl methyl sites for hydroxylation is 1. The van der Waals surface area contributed by atoms with E-state index in [1.165, 1.54) is 0 Å². The molecule has 1 aromatic rings. The van der Waals surface area contributed by atoms with Crippen LogP contribution in [0.25, 0.3) is 0 Å². The Morgan fingerprint density at radius 3 is 2.62 bits per heavy atom. The highest BCUT2D eigenvalue weighted by Crippen LogP contribution is 2.25. The highest BCUT2D eigenvalue weighted by molar-refractivity contribution is 7.89. The standard InChI is InChI=1S/C12H16N2O5S2/c1-7-10(6-9(20-7)12(16)17)21(18,19)13-5-4-11(15)14-8-2-3-8/h6,8,13H,2-5H2,1H3,(H,14,15)(H,16,17). The van der Waals surface area contributed by atoms with Gasteiger partial charge >= 0.3 is 5.97 Å². The first-order valence-corrected chi connectivity index (χ1v) is 8.72. The summed E-state index contributed by atoms with van der Waals surface area (Å²) in [6.45, 7) is 1.53. The van der Waals surface area contributed by atoms with Crippen LogP contribution in [0.2, 0.25) is 0 Å². The third-order valence-corrected chi connectivity index (χ3v) is 5.71. The van der Waals surface area contributed by atoms with E-state index in [1.807, 2.05) is 0 Å². The Hall–Kier alpha value is -1.45. The van der Waals surface area contributed by atoms with Gasteiger partial charge in [0, 0.05) is 23.9 Å². The van der Waals surface area contributed by atoms with Gasteiger partial charge in [-0.25, -0.2) is 17.9 Å². The summed E-state index contributed by atoms with van der Waals surface area (Å²) < 4.78 is 26.5. The largest absolute Gasteiger partial charge is 0.477 e. The molecule has 0 aliphatic heterocycles. The molecule has 116 valence electrons. The Bertz CT molecular complexity index is 661. The Labute approximate surface area is 126 Å². The molecule has 0 atom stereocenters. The molecule has 0 spiro atoms. The van der Waals surface area contributed by atoms with Crippen molar-refractivity contribution in [1.82, 2.24) is 10.0 Å². The van der Waals surface area contributed by atoms with Crippen molar-refractivity contribution in [3.63, 3.8) is 0 Å². The summed E-state index contributed by atoms with van der Waals surface area (Å²) in [7, 11) is -3.80. The fourth-order valence-corrected chi connectivity index (χ4v) is 4.20. The average molecular weight is 332 g/mol. The monoisotopic (exact) mass is 332 g/mol. The van der Waals surface area contributed by atoms with Crippen molar-refractivity contribution in [3.8, 4) is 0 Å². The molecular formula is C12H16N2O5S2. The number of carbonyl (C=O) groups is 2.